The van der Waals surface area contributed by atoms with E-state index < -0.39 is 11.7 Å². The molecule has 18 heavy (non-hydrogen) atoms. The Bertz CT molecular complexity index is 555. The number of halogens is 1. The van der Waals surface area contributed by atoms with Crippen molar-refractivity contribution in [2.45, 2.75) is 26.4 Å². The normalized spacial score (nSPS) is 11.6. The predicted molar refractivity (Wildman–Crippen MR) is 79.9 cm³/mol. The fourth-order valence-electron chi connectivity index (χ4n) is 1.34. The topological polar surface area (TPSA) is 44.1 Å². The van der Waals surface area contributed by atoms with Crippen molar-refractivity contribution < 1.29 is 9.53 Å². The van der Waals surface area contributed by atoms with Crippen LogP contribution >= 0.6 is 33.9 Å². The third-order valence-corrected chi connectivity index (χ3v) is 3.67. The van der Waals surface area contributed by atoms with Crippen LogP contribution in [0.25, 0.3) is 10.6 Å². The van der Waals surface area contributed by atoms with Gasteiger partial charge in [0.15, 0.2) is 0 Å². The van der Waals surface area contributed by atoms with Crippen LogP contribution in [0, 0.1) is 3.57 Å². The zero-order valence-corrected chi connectivity index (χ0v) is 13.3. The van der Waals surface area contributed by atoms with Gasteiger partial charge >= 0.3 is 6.09 Å². The zero-order chi connectivity index (χ0) is 13.3. The van der Waals surface area contributed by atoms with E-state index in [1.807, 2.05) is 38.3 Å². The van der Waals surface area contributed by atoms with Crippen LogP contribution < -0.4 is 0 Å². The van der Waals surface area contributed by atoms with E-state index in [1.165, 1.54) is 4.68 Å². The summed E-state index contributed by atoms with van der Waals surface area (Å²) in [4.78, 5) is 12.9. The Hall–Kier alpha value is -0.890. The van der Waals surface area contributed by atoms with Crippen LogP contribution in [0.2, 0.25) is 0 Å². The molecule has 0 atom stereocenters. The van der Waals surface area contributed by atoms with Crippen molar-refractivity contribution in [2.24, 2.45) is 0 Å². The highest BCUT2D eigenvalue weighted by molar-refractivity contribution is 14.1. The van der Waals surface area contributed by atoms with Crippen LogP contribution in [0.3, 0.4) is 0 Å². The lowest BCUT2D eigenvalue weighted by Crippen LogP contribution is -2.27. The summed E-state index contributed by atoms with van der Waals surface area (Å²) in [6.07, 6.45) is 1.23. The summed E-state index contributed by atoms with van der Waals surface area (Å²) in [6.45, 7) is 5.50. The molecule has 6 heteroatoms. The molecule has 96 valence electrons. The van der Waals surface area contributed by atoms with E-state index in [4.69, 9.17) is 4.74 Å². The van der Waals surface area contributed by atoms with Gasteiger partial charge in [-0.05, 0) is 54.8 Å². The molecule has 2 rings (SSSR count). The number of carbonyl (C=O) groups excluding carboxylic acids is 1. The third kappa shape index (κ3) is 3.11. The number of rotatable bonds is 1. The van der Waals surface area contributed by atoms with Gasteiger partial charge in [-0.25, -0.2) is 4.79 Å². The first-order chi connectivity index (χ1) is 8.37. The summed E-state index contributed by atoms with van der Waals surface area (Å²) < 4.78 is 7.45. The average molecular weight is 376 g/mol. The minimum Gasteiger partial charge on any atom is -0.442 e. The molecule has 0 unspecified atom stereocenters. The number of carbonyl (C=O) groups is 1. The van der Waals surface area contributed by atoms with Crippen molar-refractivity contribution in [1.82, 2.24) is 9.78 Å². The quantitative estimate of drug-likeness (QED) is 0.707. The Balaban J connectivity index is 2.27. The van der Waals surface area contributed by atoms with Gasteiger partial charge in [-0.1, -0.05) is 6.07 Å². The van der Waals surface area contributed by atoms with Crippen molar-refractivity contribution in [3.63, 3.8) is 0 Å². The molecule has 2 heterocycles. The molecule has 0 saturated heterocycles. The Morgan fingerprint density at radius 3 is 2.78 bits per heavy atom. The van der Waals surface area contributed by atoms with E-state index in [2.05, 4.69) is 27.7 Å². The first-order valence-corrected chi connectivity index (χ1v) is 7.35. The van der Waals surface area contributed by atoms with Crippen molar-refractivity contribution in [3.8, 4) is 10.6 Å². The monoisotopic (exact) mass is 376 g/mol. The second kappa shape index (κ2) is 5.00. The number of aromatic nitrogens is 2. The Labute approximate surface area is 123 Å². The third-order valence-electron chi connectivity index (χ3n) is 2.00. The molecule has 0 fully saturated rings. The summed E-state index contributed by atoms with van der Waals surface area (Å²) in [5.74, 6) is 0. The van der Waals surface area contributed by atoms with E-state index in [9.17, 15) is 4.79 Å². The molecule has 0 aliphatic rings. The molecule has 4 nitrogen and oxygen atoms in total. The summed E-state index contributed by atoms with van der Waals surface area (Å²) in [7, 11) is 0. The number of hydrogen-bond acceptors (Lipinski definition) is 4. The van der Waals surface area contributed by atoms with Crippen molar-refractivity contribution in [2.75, 3.05) is 0 Å². The lowest BCUT2D eigenvalue weighted by Gasteiger charge is -2.18. The average Bonchev–Trinajstić information content (AvgIpc) is 2.82. The van der Waals surface area contributed by atoms with Crippen molar-refractivity contribution in [3.05, 3.63) is 27.3 Å². The van der Waals surface area contributed by atoms with Gasteiger partial charge in [0, 0.05) is 0 Å². The summed E-state index contributed by atoms with van der Waals surface area (Å²) in [5.41, 5.74) is 0.300. The van der Waals surface area contributed by atoms with Crippen molar-refractivity contribution >= 4 is 40.0 Å². The minimum absolute atomic E-state index is 0.455. The minimum atomic E-state index is -0.516. The van der Waals surface area contributed by atoms with Crippen LogP contribution in [-0.2, 0) is 4.74 Å². The molecule has 0 aliphatic carbocycles. The first kappa shape index (κ1) is 13.5. The van der Waals surface area contributed by atoms with Gasteiger partial charge in [0.25, 0.3) is 0 Å². The van der Waals surface area contributed by atoms with E-state index in [-0.39, 0.29) is 0 Å². The molecule has 0 N–H and O–H groups in total. The van der Waals surface area contributed by atoms with Crippen LogP contribution in [0.4, 0.5) is 4.79 Å². The summed E-state index contributed by atoms with van der Waals surface area (Å²) in [5, 5.41) is 6.27. The van der Waals surface area contributed by atoms with Gasteiger partial charge in [0.2, 0.25) is 0 Å². The first-order valence-electron chi connectivity index (χ1n) is 5.39. The van der Waals surface area contributed by atoms with Gasteiger partial charge < -0.3 is 4.74 Å². The van der Waals surface area contributed by atoms with Crippen LogP contribution in [0.15, 0.2) is 23.7 Å². The second-order valence-electron chi connectivity index (χ2n) is 4.73. The smallest absolute Gasteiger partial charge is 0.435 e. The fourth-order valence-corrected chi connectivity index (χ4v) is 2.90. The highest BCUT2D eigenvalue weighted by atomic mass is 127. The molecule has 2 aromatic rings. The summed E-state index contributed by atoms with van der Waals surface area (Å²) in [6, 6.07) is 3.94. The van der Waals surface area contributed by atoms with Gasteiger partial charge in [-0.3, -0.25) is 0 Å². The van der Waals surface area contributed by atoms with E-state index in [0.717, 1.165) is 14.1 Å². The SMILES string of the molecule is CC(C)(C)OC(=O)n1cc(I)c(-c2cccs2)n1. The van der Waals surface area contributed by atoms with E-state index >= 15 is 0 Å². The molecule has 0 aromatic carbocycles. The Morgan fingerprint density at radius 1 is 1.50 bits per heavy atom. The van der Waals surface area contributed by atoms with Gasteiger partial charge in [-0.2, -0.15) is 9.78 Å². The molecule has 0 amide bonds. The maximum Gasteiger partial charge on any atom is 0.435 e. The largest absolute Gasteiger partial charge is 0.442 e. The van der Waals surface area contributed by atoms with Crippen LogP contribution in [0.5, 0.6) is 0 Å². The van der Waals surface area contributed by atoms with Crippen LogP contribution in [-0.4, -0.2) is 21.5 Å². The fraction of sp³-hybridized carbons (Fsp3) is 0.333. The van der Waals surface area contributed by atoms with Gasteiger partial charge in [0.05, 0.1) is 14.6 Å². The number of nitrogens with zero attached hydrogens (tertiary/aromatic N) is 2. The highest BCUT2D eigenvalue weighted by Crippen LogP contribution is 2.27. The molecule has 0 radical (unpaired) electrons. The zero-order valence-electron chi connectivity index (χ0n) is 10.3. The van der Waals surface area contributed by atoms with Crippen LogP contribution in [0.1, 0.15) is 20.8 Å². The molecule has 0 spiro atoms. The van der Waals surface area contributed by atoms with E-state index in [0.29, 0.717) is 0 Å². The number of hydrogen-bond donors (Lipinski definition) is 0. The second-order valence-corrected chi connectivity index (χ2v) is 6.84. The van der Waals surface area contributed by atoms with Gasteiger partial charge in [0.1, 0.15) is 11.3 Å². The Morgan fingerprint density at radius 2 is 2.22 bits per heavy atom. The van der Waals surface area contributed by atoms with Crippen molar-refractivity contribution in [1.29, 1.82) is 0 Å². The van der Waals surface area contributed by atoms with E-state index in [1.54, 1.807) is 17.5 Å². The lowest BCUT2D eigenvalue weighted by atomic mass is 10.2. The molecule has 2 aromatic heterocycles. The lowest BCUT2D eigenvalue weighted by molar-refractivity contribution is 0.0515. The standard InChI is InChI=1S/C12H13IN2O2S/c1-12(2,3)17-11(16)15-7-8(13)10(14-15)9-5-4-6-18-9/h4-7H,1-3H3. The van der Waals surface area contributed by atoms with Gasteiger partial charge in [-0.15, -0.1) is 11.3 Å². The highest BCUT2D eigenvalue weighted by Gasteiger charge is 2.20. The maximum absolute atomic E-state index is 11.9. The molecule has 0 aliphatic heterocycles. The molecular weight excluding hydrogens is 363 g/mol. The molecule has 0 bridgehead atoms. The number of ether oxygens (including phenoxy) is 1. The molecule has 0 saturated carbocycles. The predicted octanol–water partition coefficient (Wildman–Crippen LogP) is 4.00. The summed E-state index contributed by atoms with van der Waals surface area (Å²) >= 11 is 3.76. The maximum atomic E-state index is 11.9. The molecular formula is C12H13IN2O2S. The number of thiophene rings is 1. The Kier molecular flexibility index (Phi) is 3.76.